The zero-order valence-electron chi connectivity index (χ0n) is 14.3. The van der Waals surface area contributed by atoms with Crippen LogP contribution in [0.15, 0.2) is 77.8 Å². The van der Waals surface area contributed by atoms with Gasteiger partial charge in [-0.2, -0.15) is 5.53 Å². The second kappa shape index (κ2) is 8.24. The zero-order chi connectivity index (χ0) is 18.4. The van der Waals surface area contributed by atoms with Crippen molar-refractivity contribution in [3.63, 3.8) is 0 Å². The quantitative estimate of drug-likeness (QED) is 0.247. The van der Waals surface area contributed by atoms with Crippen molar-refractivity contribution in [2.24, 2.45) is 4.99 Å². The van der Waals surface area contributed by atoms with Crippen LogP contribution in [0.2, 0.25) is 0 Å². The van der Waals surface area contributed by atoms with Crippen molar-refractivity contribution in [2.45, 2.75) is 0 Å². The Morgan fingerprint density at radius 3 is 2.27 bits per heavy atom. The molecule has 0 amide bonds. The molecular formula is C20H20FN5. The van der Waals surface area contributed by atoms with Gasteiger partial charge in [-0.1, -0.05) is 54.6 Å². The first-order valence-electron chi connectivity index (χ1n) is 8.16. The summed E-state index contributed by atoms with van der Waals surface area (Å²) in [5.41, 5.74) is 18.2. The number of benzene rings is 3. The van der Waals surface area contributed by atoms with Crippen LogP contribution in [0.4, 0.5) is 15.8 Å². The molecule has 0 heterocycles. The molecule has 0 saturated carbocycles. The summed E-state index contributed by atoms with van der Waals surface area (Å²) in [6.07, 6.45) is 0. The normalized spacial score (nSPS) is 11.4. The van der Waals surface area contributed by atoms with Crippen molar-refractivity contribution in [1.29, 1.82) is 0 Å². The van der Waals surface area contributed by atoms with E-state index in [0.29, 0.717) is 11.5 Å². The van der Waals surface area contributed by atoms with Crippen molar-refractivity contribution < 1.29 is 4.39 Å². The smallest absolute Gasteiger partial charge is 0.149 e. The minimum Gasteiger partial charge on any atom is -0.398 e. The van der Waals surface area contributed by atoms with E-state index in [0.717, 1.165) is 16.7 Å². The van der Waals surface area contributed by atoms with Crippen molar-refractivity contribution in [2.75, 3.05) is 12.8 Å². The number of halogens is 1. The van der Waals surface area contributed by atoms with Gasteiger partial charge < -0.3 is 5.73 Å². The van der Waals surface area contributed by atoms with Crippen molar-refractivity contribution in [3.05, 3.63) is 84.2 Å². The van der Waals surface area contributed by atoms with Crippen LogP contribution in [0.5, 0.6) is 0 Å². The highest BCUT2D eigenvalue weighted by Gasteiger charge is 2.13. The Hall–Kier alpha value is -3.22. The first-order valence-corrected chi connectivity index (χ1v) is 8.16. The summed E-state index contributed by atoms with van der Waals surface area (Å²) >= 11 is 0. The topological polar surface area (TPSA) is 74.5 Å². The fraction of sp³-hybridized carbons (Fsp3) is 0.0500. The maximum atomic E-state index is 14.1. The SMILES string of the molecule is CNNNC(=Nc1ccccc1F)c1ccccc1-c1ccccc1N. The van der Waals surface area contributed by atoms with E-state index in [2.05, 4.69) is 21.4 Å². The lowest BCUT2D eigenvalue weighted by Crippen LogP contribution is -2.45. The molecule has 0 aromatic heterocycles. The Balaban J connectivity index is 2.14. The highest BCUT2D eigenvalue weighted by atomic mass is 19.1. The van der Waals surface area contributed by atoms with E-state index in [1.54, 1.807) is 25.2 Å². The maximum Gasteiger partial charge on any atom is 0.149 e. The Labute approximate surface area is 151 Å². The molecule has 0 fully saturated rings. The van der Waals surface area contributed by atoms with Gasteiger partial charge in [0, 0.05) is 23.9 Å². The summed E-state index contributed by atoms with van der Waals surface area (Å²) in [7, 11) is 1.72. The zero-order valence-corrected chi connectivity index (χ0v) is 14.3. The van der Waals surface area contributed by atoms with Gasteiger partial charge in [0.2, 0.25) is 0 Å². The summed E-state index contributed by atoms with van der Waals surface area (Å²) < 4.78 is 14.1. The number of hydrazine groups is 2. The molecule has 0 aliphatic carbocycles. The predicted molar refractivity (Wildman–Crippen MR) is 104 cm³/mol. The number of nitrogens with two attached hydrogens (primary N) is 1. The van der Waals surface area contributed by atoms with E-state index in [1.165, 1.54) is 6.07 Å². The van der Waals surface area contributed by atoms with Crippen molar-refractivity contribution >= 4 is 17.2 Å². The maximum absolute atomic E-state index is 14.1. The van der Waals surface area contributed by atoms with Gasteiger partial charge in [-0.25, -0.2) is 14.8 Å². The number of amidine groups is 1. The Morgan fingerprint density at radius 2 is 1.54 bits per heavy atom. The van der Waals surface area contributed by atoms with Gasteiger partial charge in [0.15, 0.2) is 0 Å². The van der Waals surface area contributed by atoms with Gasteiger partial charge in [-0.3, -0.25) is 5.43 Å². The fourth-order valence-electron chi connectivity index (χ4n) is 2.61. The molecular weight excluding hydrogens is 329 g/mol. The third kappa shape index (κ3) is 3.88. The summed E-state index contributed by atoms with van der Waals surface area (Å²) in [4.78, 5) is 4.47. The third-order valence-electron chi connectivity index (χ3n) is 3.82. The number of hydrogen-bond donors (Lipinski definition) is 4. The highest BCUT2D eigenvalue weighted by molar-refractivity contribution is 6.06. The molecule has 26 heavy (non-hydrogen) atoms. The number of rotatable bonds is 5. The molecule has 5 nitrogen and oxygen atoms in total. The van der Waals surface area contributed by atoms with Crippen molar-refractivity contribution in [1.82, 2.24) is 16.4 Å². The minimum atomic E-state index is -0.395. The monoisotopic (exact) mass is 349 g/mol. The Kier molecular flexibility index (Phi) is 5.58. The highest BCUT2D eigenvalue weighted by Crippen LogP contribution is 2.29. The largest absolute Gasteiger partial charge is 0.398 e. The van der Waals surface area contributed by atoms with Crippen LogP contribution >= 0.6 is 0 Å². The van der Waals surface area contributed by atoms with Gasteiger partial charge in [-0.15, -0.1) is 0 Å². The average molecular weight is 349 g/mol. The van der Waals surface area contributed by atoms with Gasteiger partial charge in [-0.05, 0) is 23.8 Å². The van der Waals surface area contributed by atoms with Crippen LogP contribution in [0, 0.1) is 5.82 Å². The fourth-order valence-corrected chi connectivity index (χ4v) is 2.61. The van der Waals surface area contributed by atoms with E-state index < -0.39 is 5.82 Å². The van der Waals surface area contributed by atoms with Crippen LogP contribution in [0.1, 0.15) is 5.56 Å². The van der Waals surface area contributed by atoms with Crippen LogP contribution in [-0.4, -0.2) is 12.9 Å². The number of hydrogen-bond acceptors (Lipinski definition) is 4. The summed E-state index contributed by atoms with van der Waals surface area (Å²) in [5, 5.41) is 0. The van der Waals surface area contributed by atoms with Crippen LogP contribution < -0.4 is 22.1 Å². The molecule has 0 spiro atoms. The van der Waals surface area contributed by atoms with E-state index in [9.17, 15) is 4.39 Å². The average Bonchev–Trinajstić information content (AvgIpc) is 2.67. The molecule has 3 aromatic rings. The molecule has 0 saturated heterocycles. The number of nitrogens with zero attached hydrogens (tertiary/aromatic N) is 1. The lowest BCUT2D eigenvalue weighted by molar-refractivity contribution is 0.562. The molecule has 5 N–H and O–H groups in total. The van der Waals surface area contributed by atoms with Gasteiger partial charge in [0.1, 0.15) is 17.3 Å². The van der Waals surface area contributed by atoms with E-state index in [4.69, 9.17) is 5.73 Å². The van der Waals surface area contributed by atoms with Gasteiger partial charge >= 0.3 is 0 Å². The van der Waals surface area contributed by atoms with Crippen molar-refractivity contribution in [3.8, 4) is 11.1 Å². The number of nitrogens with one attached hydrogen (secondary N) is 3. The lowest BCUT2D eigenvalue weighted by Gasteiger charge is -2.16. The third-order valence-corrected chi connectivity index (χ3v) is 3.82. The van der Waals surface area contributed by atoms with Gasteiger partial charge in [0.25, 0.3) is 0 Å². The number of anilines is 1. The van der Waals surface area contributed by atoms with E-state index in [1.807, 2.05) is 48.5 Å². The molecule has 6 heteroatoms. The molecule has 0 bridgehead atoms. The second-order valence-electron chi connectivity index (χ2n) is 5.54. The summed E-state index contributed by atoms with van der Waals surface area (Å²) in [6, 6.07) is 21.7. The molecule has 0 unspecified atom stereocenters. The van der Waals surface area contributed by atoms with Crippen LogP contribution in [0.3, 0.4) is 0 Å². The first kappa shape index (κ1) is 17.6. The number of aliphatic imine (C=N–C) groups is 1. The molecule has 132 valence electrons. The molecule has 0 atom stereocenters. The lowest BCUT2D eigenvalue weighted by atomic mass is 9.97. The summed E-state index contributed by atoms with van der Waals surface area (Å²) in [6.45, 7) is 0. The standard InChI is InChI=1S/C20H20FN5/c1-23-26-25-20(24-19-13-7-5-11-17(19)21)16-10-3-2-8-14(16)15-9-4-6-12-18(15)22/h2-13,23,26H,22H2,1H3,(H,24,25). The Morgan fingerprint density at radius 1 is 0.885 bits per heavy atom. The Bertz CT molecular complexity index is 923. The van der Waals surface area contributed by atoms with E-state index in [-0.39, 0.29) is 5.69 Å². The molecule has 0 aliphatic rings. The summed E-state index contributed by atoms with van der Waals surface area (Å²) in [5.74, 6) is 0.0660. The number of para-hydroxylation sites is 2. The second-order valence-corrected chi connectivity index (χ2v) is 5.54. The number of nitrogen functional groups attached to an aromatic ring is 1. The first-order chi connectivity index (χ1) is 12.7. The minimum absolute atomic E-state index is 0.240. The molecule has 3 aromatic carbocycles. The molecule has 3 rings (SSSR count). The molecule has 0 aliphatic heterocycles. The predicted octanol–water partition coefficient (Wildman–Crippen LogP) is 3.38. The van der Waals surface area contributed by atoms with Crippen LogP contribution in [-0.2, 0) is 0 Å². The van der Waals surface area contributed by atoms with Crippen LogP contribution in [0.25, 0.3) is 11.1 Å². The molecule has 0 radical (unpaired) electrons. The van der Waals surface area contributed by atoms with Gasteiger partial charge in [0.05, 0.1) is 0 Å². The van der Waals surface area contributed by atoms with E-state index >= 15 is 0 Å².